The molecule has 0 fully saturated rings. The lowest BCUT2D eigenvalue weighted by Crippen LogP contribution is -2.23. The van der Waals surface area contributed by atoms with Crippen LogP contribution in [0.15, 0.2) is 76.7 Å². The highest BCUT2D eigenvalue weighted by Crippen LogP contribution is 2.25. The van der Waals surface area contributed by atoms with Gasteiger partial charge in [0.2, 0.25) is 11.7 Å². The predicted molar refractivity (Wildman–Crippen MR) is 124 cm³/mol. The Labute approximate surface area is 191 Å². The van der Waals surface area contributed by atoms with Crippen molar-refractivity contribution in [1.82, 2.24) is 9.55 Å². The number of nitro groups is 1. The molecule has 0 saturated carbocycles. The molecule has 4 aromatic rings. The van der Waals surface area contributed by atoms with Crippen molar-refractivity contribution in [2.24, 2.45) is 0 Å². The number of carbonyl (C=O) groups excluding carboxylic acids is 1. The minimum absolute atomic E-state index is 0.0939. The number of para-hydroxylation sites is 2. The van der Waals surface area contributed by atoms with Crippen LogP contribution in [-0.2, 0) is 4.79 Å². The molecule has 0 unspecified atom stereocenters. The van der Waals surface area contributed by atoms with E-state index in [1.807, 2.05) is 25.1 Å². The number of anilines is 1. The van der Waals surface area contributed by atoms with Gasteiger partial charge in [-0.05, 0) is 42.8 Å². The molecule has 8 nitrogen and oxygen atoms in total. The van der Waals surface area contributed by atoms with E-state index < -0.39 is 22.3 Å². The van der Waals surface area contributed by atoms with Crippen LogP contribution in [0.4, 0.5) is 15.8 Å². The molecule has 0 spiro atoms. The van der Waals surface area contributed by atoms with E-state index >= 15 is 0 Å². The van der Waals surface area contributed by atoms with Gasteiger partial charge in [-0.15, -0.1) is 0 Å². The molecule has 10 heteroatoms. The first-order valence-electron chi connectivity index (χ1n) is 9.79. The smallest absolute Gasteiger partial charge is 0.306 e. The highest BCUT2D eigenvalue weighted by Gasteiger charge is 2.18. The van der Waals surface area contributed by atoms with E-state index in [0.29, 0.717) is 21.7 Å². The third kappa shape index (κ3) is 4.60. The van der Waals surface area contributed by atoms with Gasteiger partial charge in [-0.2, -0.15) is 4.39 Å². The number of halogens is 1. The number of rotatable bonds is 6. The summed E-state index contributed by atoms with van der Waals surface area (Å²) in [5.41, 5.74) is 1.12. The molecule has 1 heterocycles. The summed E-state index contributed by atoms with van der Waals surface area (Å²) in [6.45, 7) is 1.87. The zero-order valence-corrected chi connectivity index (χ0v) is 18.1. The Morgan fingerprint density at radius 3 is 2.64 bits per heavy atom. The minimum atomic E-state index is -0.991. The number of nitrogens with zero attached hydrogens (tertiary/aromatic N) is 3. The maximum Gasteiger partial charge on any atom is 0.306 e. The number of hydrogen-bond donors (Lipinski definition) is 1. The second-order valence-electron chi connectivity index (χ2n) is 7.10. The molecule has 33 heavy (non-hydrogen) atoms. The molecule has 3 aromatic carbocycles. The van der Waals surface area contributed by atoms with Crippen molar-refractivity contribution < 1.29 is 14.1 Å². The lowest BCUT2D eigenvalue weighted by Gasteiger charge is -2.15. The van der Waals surface area contributed by atoms with Crippen LogP contribution in [-0.4, -0.2) is 26.1 Å². The molecular weight excluding hydrogens is 447 g/mol. The summed E-state index contributed by atoms with van der Waals surface area (Å²) in [7, 11) is 0. The number of aromatic nitrogens is 2. The zero-order chi connectivity index (χ0) is 23.5. The number of hydrogen-bond acceptors (Lipinski definition) is 6. The Morgan fingerprint density at radius 1 is 1.15 bits per heavy atom. The van der Waals surface area contributed by atoms with E-state index in [9.17, 15) is 24.1 Å². The molecule has 4 rings (SSSR count). The van der Waals surface area contributed by atoms with Gasteiger partial charge in [-0.1, -0.05) is 42.1 Å². The van der Waals surface area contributed by atoms with Crippen LogP contribution >= 0.6 is 11.8 Å². The maximum atomic E-state index is 13.5. The van der Waals surface area contributed by atoms with Crippen molar-refractivity contribution in [3.8, 4) is 5.69 Å². The third-order valence-corrected chi connectivity index (χ3v) is 5.80. The molecule has 0 atom stereocenters. The molecule has 1 aromatic heterocycles. The summed E-state index contributed by atoms with van der Waals surface area (Å²) in [6.07, 6.45) is 0. The monoisotopic (exact) mass is 464 g/mol. The fraction of sp³-hybridized carbons (Fsp3) is 0.0870. The largest absolute Gasteiger partial charge is 0.325 e. The van der Waals surface area contributed by atoms with Gasteiger partial charge in [0.15, 0.2) is 5.16 Å². The molecule has 1 amide bonds. The number of nitrogens with one attached hydrogen (secondary N) is 1. The first kappa shape index (κ1) is 22.2. The van der Waals surface area contributed by atoms with E-state index in [-0.39, 0.29) is 17.0 Å². The first-order chi connectivity index (χ1) is 15.8. The number of benzene rings is 3. The second kappa shape index (κ2) is 9.21. The van der Waals surface area contributed by atoms with E-state index in [2.05, 4.69) is 10.3 Å². The van der Waals surface area contributed by atoms with Gasteiger partial charge >= 0.3 is 5.69 Å². The lowest BCUT2D eigenvalue weighted by atomic mass is 10.2. The Kier molecular flexibility index (Phi) is 6.18. The minimum Gasteiger partial charge on any atom is -0.325 e. The van der Waals surface area contributed by atoms with Crippen LogP contribution in [0, 0.1) is 22.9 Å². The van der Waals surface area contributed by atoms with Crippen molar-refractivity contribution >= 4 is 39.9 Å². The van der Waals surface area contributed by atoms with Crippen molar-refractivity contribution in [3.05, 3.63) is 98.6 Å². The number of carbonyl (C=O) groups is 1. The standard InChI is InChI=1S/C23H17FN4O4S/c1-14-6-2-5-9-19(14)27-22(30)16-7-3-4-8-18(16)26-23(27)33-13-21(29)25-15-10-11-17(24)20(12-15)28(31)32/h2-12H,13H2,1H3,(H,25,29). The Morgan fingerprint density at radius 2 is 1.88 bits per heavy atom. The number of nitro benzene ring substituents is 1. The van der Waals surface area contributed by atoms with Gasteiger partial charge in [-0.25, -0.2) is 4.98 Å². The third-order valence-electron chi connectivity index (χ3n) is 4.86. The van der Waals surface area contributed by atoms with E-state index in [4.69, 9.17) is 0 Å². The average Bonchev–Trinajstić information content (AvgIpc) is 2.80. The Balaban J connectivity index is 1.65. The lowest BCUT2D eigenvalue weighted by molar-refractivity contribution is -0.387. The fourth-order valence-corrected chi connectivity index (χ4v) is 4.10. The summed E-state index contributed by atoms with van der Waals surface area (Å²) in [4.78, 5) is 40.4. The number of fused-ring (bicyclic) bond motifs is 1. The summed E-state index contributed by atoms with van der Waals surface area (Å²) >= 11 is 1.05. The molecule has 0 aliphatic rings. The highest BCUT2D eigenvalue weighted by atomic mass is 32.2. The van der Waals surface area contributed by atoms with Crippen LogP contribution in [0.2, 0.25) is 0 Å². The summed E-state index contributed by atoms with van der Waals surface area (Å²) in [5, 5.41) is 14.2. The van der Waals surface area contributed by atoms with Crippen LogP contribution in [0.25, 0.3) is 16.6 Å². The molecule has 0 saturated heterocycles. The van der Waals surface area contributed by atoms with Crippen LogP contribution in [0.1, 0.15) is 5.56 Å². The van der Waals surface area contributed by atoms with E-state index in [0.717, 1.165) is 29.5 Å². The summed E-state index contributed by atoms with van der Waals surface area (Å²) < 4.78 is 15.0. The van der Waals surface area contributed by atoms with Gasteiger partial charge < -0.3 is 5.32 Å². The molecule has 0 aliphatic heterocycles. The molecule has 1 N–H and O–H groups in total. The molecule has 0 radical (unpaired) electrons. The van der Waals surface area contributed by atoms with Gasteiger partial charge in [0.25, 0.3) is 5.56 Å². The van der Waals surface area contributed by atoms with Crippen LogP contribution in [0.5, 0.6) is 0 Å². The maximum absolute atomic E-state index is 13.5. The Hall–Kier alpha value is -4.05. The van der Waals surface area contributed by atoms with Gasteiger partial charge in [-0.3, -0.25) is 24.3 Å². The van der Waals surface area contributed by atoms with Crippen molar-refractivity contribution in [2.45, 2.75) is 12.1 Å². The number of thioether (sulfide) groups is 1. The van der Waals surface area contributed by atoms with E-state index in [1.54, 1.807) is 30.3 Å². The zero-order valence-electron chi connectivity index (χ0n) is 17.3. The molecule has 0 bridgehead atoms. The molecular formula is C23H17FN4O4S. The van der Waals surface area contributed by atoms with E-state index in [1.165, 1.54) is 10.6 Å². The van der Waals surface area contributed by atoms with Crippen molar-refractivity contribution in [2.75, 3.05) is 11.1 Å². The fourth-order valence-electron chi connectivity index (χ4n) is 3.29. The topological polar surface area (TPSA) is 107 Å². The summed E-state index contributed by atoms with van der Waals surface area (Å²) in [6, 6.07) is 17.4. The second-order valence-corrected chi connectivity index (χ2v) is 8.04. The number of aryl methyl sites for hydroxylation is 1. The Bertz CT molecular complexity index is 1450. The van der Waals surface area contributed by atoms with Crippen molar-refractivity contribution in [1.29, 1.82) is 0 Å². The van der Waals surface area contributed by atoms with Crippen LogP contribution in [0.3, 0.4) is 0 Å². The SMILES string of the molecule is Cc1ccccc1-n1c(SCC(=O)Nc2ccc(F)c([N+](=O)[O-])c2)nc2ccccc2c1=O. The van der Waals surface area contributed by atoms with Gasteiger partial charge in [0.05, 0.1) is 27.3 Å². The predicted octanol–water partition coefficient (Wildman–Crippen LogP) is 4.47. The average molecular weight is 464 g/mol. The number of amides is 1. The first-order valence-corrected chi connectivity index (χ1v) is 10.8. The highest BCUT2D eigenvalue weighted by molar-refractivity contribution is 7.99. The molecule has 166 valence electrons. The van der Waals surface area contributed by atoms with Gasteiger partial charge in [0, 0.05) is 11.8 Å². The normalized spacial score (nSPS) is 10.8. The summed E-state index contributed by atoms with van der Waals surface area (Å²) in [5.74, 6) is -1.60. The molecule has 0 aliphatic carbocycles. The van der Waals surface area contributed by atoms with Gasteiger partial charge in [0.1, 0.15) is 0 Å². The quantitative estimate of drug-likeness (QED) is 0.195. The van der Waals surface area contributed by atoms with Crippen LogP contribution < -0.4 is 10.9 Å². The van der Waals surface area contributed by atoms with Crippen molar-refractivity contribution in [3.63, 3.8) is 0 Å².